The lowest BCUT2D eigenvalue weighted by molar-refractivity contribution is -0.140. The number of aliphatic carboxylic acids is 1. The van der Waals surface area contributed by atoms with Crippen LogP contribution in [0, 0.1) is 6.92 Å². The molecular weight excluding hydrogens is 312 g/mol. The van der Waals surface area contributed by atoms with Crippen LogP contribution in [-0.2, 0) is 26.7 Å². The largest absolute Gasteiger partial charge is 0.480 e. The van der Waals surface area contributed by atoms with Crippen LogP contribution in [0.2, 0.25) is 0 Å². The van der Waals surface area contributed by atoms with Crippen molar-refractivity contribution in [3.8, 4) is 0 Å². The number of rotatable bonds is 7. The van der Waals surface area contributed by atoms with E-state index in [0.717, 1.165) is 4.31 Å². The minimum absolute atomic E-state index is 0.0169. The molecule has 0 aliphatic carbocycles. The van der Waals surface area contributed by atoms with E-state index in [1.165, 1.54) is 31.8 Å². The number of carboxylic acid groups (broad SMARTS) is 1. The van der Waals surface area contributed by atoms with Crippen LogP contribution in [0.4, 0.5) is 0 Å². The molecule has 0 aliphatic heterocycles. The van der Waals surface area contributed by atoms with Crippen LogP contribution in [0.3, 0.4) is 0 Å². The molecule has 0 radical (unpaired) electrons. The van der Waals surface area contributed by atoms with Crippen molar-refractivity contribution < 1.29 is 23.1 Å². The third-order valence-corrected chi connectivity index (χ3v) is 5.30. The van der Waals surface area contributed by atoms with Crippen LogP contribution in [0.5, 0.6) is 0 Å². The second-order valence-corrected chi connectivity index (χ2v) is 6.68. The lowest BCUT2D eigenvalue weighted by atomic mass is 10.3. The molecule has 0 bridgehead atoms. The number of sulfonamides is 1. The van der Waals surface area contributed by atoms with Crippen LogP contribution in [-0.4, -0.2) is 58.6 Å². The predicted octanol–water partition coefficient (Wildman–Crippen LogP) is -0.672. The molecule has 1 amide bonds. The van der Waals surface area contributed by atoms with E-state index in [9.17, 15) is 18.0 Å². The Labute approximate surface area is 129 Å². The molecule has 2 N–H and O–H groups in total. The summed E-state index contributed by atoms with van der Waals surface area (Å²) in [4.78, 5) is 22.1. The second-order valence-electron chi connectivity index (χ2n) is 4.87. The van der Waals surface area contributed by atoms with Crippen molar-refractivity contribution in [1.29, 1.82) is 0 Å². The van der Waals surface area contributed by atoms with Gasteiger partial charge in [-0.15, -0.1) is 0 Å². The second kappa shape index (κ2) is 6.88. The zero-order valence-electron chi connectivity index (χ0n) is 12.9. The minimum Gasteiger partial charge on any atom is -0.480 e. The molecule has 0 aromatic carbocycles. The molecule has 1 rings (SSSR count). The van der Waals surface area contributed by atoms with Crippen molar-refractivity contribution in [2.24, 2.45) is 7.05 Å². The molecule has 124 valence electrons. The van der Waals surface area contributed by atoms with Crippen molar-refractivity contribution in [1.82, 2.24) is 19.4 Å². The van der Waals surface area contributed by atoms with E-state index in [1.54, 1.807) is 6.92 Å². The lowest BCUT2D eigenvalue weighted by Gasteiger charge is -2.26. The Morgan fingerprint density at radius 2 is 2.09 bits per heavy atom. The molecule has 0 saturated carbocycles. The van der Waals surface area contributed by atoms with Crippen molar-refractivity contribution in [2.75, 3.05) is 13.1 Å². The van der Waals surface area contributed by atoms with Gasteiger partial charge in [-0.05, 0) is 13.8 Å². The summed E-state index contributed by atoms with van der Waals surface area (Å²) in [6.45, 7) is 4.02. The van der Waals surface area contributed by atoms with Gasteiger partial charge in [0, 0.05) is 32.6 Å². The molecule has 10 heteroatoms. The van der Waals surface area contributed by atoms with E-state index in [0.29, 0.717) is 5.56 Å². The molecular formula is C12H20N4O5S. The van der Waals surface area contributed by atoms with Crippen molar-refractivity contribution in [2.45, 2.75) is 31.8 Å². The standard InChI is InChI=1S/C12H20N4O5S/c1-8-7-14-15(4)11(8)22(20,21)16(9(2)12(18)19)6-5-13-10(3)17/h7,9H,5-6H2,1-4H3,(H,13,17)(H,18,19). The highest BCUT2D eigenvalue weighted by Crippen LogP contribution is 2.20. The lowest BCUT2D eigenvalue weighted by Crippen LogP contribution is -2.47. The fourth-order valence-electron chi connectivity index (χ4n) is 2.00. The van der Waals surface area contributed by atoms with Gasteiger partial charge in [-0.3, -0.25) is 14.3 Å². The van der Waals surface area contributed by atoms with Crippen LogP contribution in [0.1, 0.15) is 19.4 Å². The number of amides is 1. The summed E-state index contributed by atoms with van der Waals surface area (Å²) in [5, 5.41) is 15.4. The third-order valence-electron chi connectivity index (χ3n) is 3.10. The Bertz CT molecular complexity index is 648. The first-order chi connectivity index (χ1) is 10.1. The SMILES string of the molecule is CC(=O)NCCN(C(C)C(=O)O)S(=O)(=O)c1c(C)cnn1C. The van der Waals surface area contributed by atoms with E-state index in [-0.39, 0.29) is 24.0 Å². The Balaban J connectivity index is 3.19. The zero-order valence-corrected chi connectivity index (χ0v) is 13.7. The summed E-state index contributed by atoms with van der Waals surface area (Å²) in [6.07, 6.45) is 1.39. The number of aromatic nitrogens is 2. The maximum atomic E-state index is 12.7. The number of carbonyl (C=O) groups is 2. The minimum atomic E-state index is -4.06. The van der Waals surface area contributed by atoms with Crippen LogP contribution in [0.15, 0.2) is 11.2 Å². The smallest absolute Gasteiger partial charge is 0.321 e. The molecule has 1 aromatic heterocycles. The van der Waals surface area contributed by atoms with Crippen LogP contribution in [0.25, 0.3) is 0 Å². The molecule has 1 aromatic rings. The number of hydrogen-bond donors (Lipinski definition) is 2. The molecule has 1 unspecified atom stereocenters. The number of carbonyl (C=O) groups excluding carboxylic acids is 1. The van der Waals surface area contributed by atoms with Gasteiger partial charge >= 0.3 is 5.97 Å². The van der Waals surface area contributed by atoms with Gasteiger partial charge in [0.05, 0.1) is 6.20 Å². The topological polar surface area (TPSA) is 122 Å². The van der Waals surface area contributed by atoms with Gasteiger partial charge in [-0.25, -0.2) is 8.42 Å². The predicted molar refractivity (Wildman–Crippen MR) is 77.6 cm³/mol. The highest BCUT2D eigenvalue weighted by molar-refractivity contribution is 7.89. The summed E-state index contributed by atoms with van der Waals surface area (Å²) >= 11 is 0. The number of carboxylic acids is 1. The molecule has 1 heterocycles. The highest BCUT2D eigenvalue weighted by Gasteiger charge is 2.35. The summed E-state index contributed by atoms with van der Waals surface area (Å²) in [7, 11) is -2.59. The Hall–Kier alpha value is -1.94. The summed E-state index contributed by atoms with van der Waals surface area (Å²) in [5.74, 6) is -1.59. The summed E-state index contributed by atoms with van der Waals surface area (Å²) in [6, 6.07) is -1.27. The van der Waals surface area contributed by atoms with Crippen molar-refractivity contribution in [3.63, 3.8) is 0 Å². The maximum Gasteiger partial charge on any atom is 0.321 e. The Morgan fingerprint density at radius 3 is 2.50 bits per heavy atom. The van der Waals surface area contributed by atoms with Crippen molar-refractivity contribution in [3.05, 3.63) is 11.8 Å². The van der Waals surface area contributed by atoms with Crippen LogP contribution < -0.4 is 5.32 Å². The molecule has 0 spiro atoms. The fraction of sp³-hybridized carbons (Fsp3) is 0.583. The first-order valence-corrected chi connectivity index (χ1v) is 8.00. The number of aryl methyl sites for hydroxylation is 2. The van der Waals surface area contributed by atoms with E-state index in [2.05, 4.69) is 10.4 Å². The number of nitrogens with zero attached hydrogens (tertiary/aromatic N) is 3. The fourth-order valence-corrected chi connectivity index (χ4v) is 3.91. The van der Waals surface area contributed by atoms with Gasteiger partial charge in [-0.2, -0.15) is 9.40 Å². The average molecular weight is 332 g/mol. The Kier molecular flexibility index (Phi) is 5.66. The first-order valence-electron chi connectivity index (χ1n) is 6.56. The van der Waals surface area contributed by atoms with Gasteiger partial charge in [0.25, 0.3) is 10.0 Å². The molecule has 0 saturated heterocycles. The molecule has 9 nitrogen and oxygen atoms in total. The normalized spacial score (nSPS) is 13.1. The molecule has 0 fully saturated rings. The van der Waals surface area contributed by atoms with Gasteiger partial charge in [0.1, 0.15) is 6.04 Å². The highest BCUT2D eigenvalue weighted by atomic mass is 32.2. The quantitative estimate of drug-likeness (QED) is 0.683. The van der Waals surface area contributed by atoms with Crippen molar-refractivity contribution >= 4 is 21.9 Å². The van der Waals surface area contributed by atoms with E-state index >= 15 is 0 Å². The number of hydrogen-bond acceptors (Lipinski definition) is 5. The zero-order chi connectivity index (χ0) is 17.1. The van der Waals surface area contributed by atoms with Gasteiger partial charge in [-0.1, -0.05) is 0 Å². The molecule has 22 heavy (non-hydrogen) atoms. The maximum absolute atomic E-state index is 12.7. The molecule has 0 aliphatic rings. The van der Waals surface area contributed by atoms with Gasteiger partial charge in [0.15, 0.2) is 5.03 Å². The Morgan fingerprint density at radius 1 is 1.50 bits per heavy atom. The number of nitrogens with one attached hydrogen (secondary N) is 1. The molecule has 1 atom stereocenters. The van der Waals surface area contributed by atoms with E-state index < -0.39 is 22.0 Å². The van der Waals surface area contributed by atoms with E-state index in [1.807, 2.05) is 0 Å². The third kappa shape index (κ3) is 3.83. The van der Waals surface area contributed by atoms with Crippen LogP contribution >= 0.6 is 0 Å². The summed E-state index contributed by atoms with van der Waals surface area (Å²) < 4.78 is 27.5. The van der Waals surface area contributed by atoms with Gasteiger partial charge < -0.3 is 10.4 Å². The first kappa shape index (κ1) is 18.1. The van der Waals surface area contributed by atoms with Gasteiger partial charge in [0.2, 0.25) is 5.91 Å². The summed E-state index contributed by atoms with van der Waals surface area (Å²) in [5.41, 5.74) is 0.421. The van der Waals surface area contributed by atoms with E-state index in [4.69, 9.17) is 5.11 Å². The average Bonchev–Trinajstić information content (AvgIpc) is 2.73. The monoisotopic (exact) mass is 332 g/mol.